The third kappa shape index (κ3) is 4.08. The predicted octanol–water partition coefficient (Wildman–Crippen LogP) is 2.38. The molecule has 3 rings (SSSR count). The molecule has 1 atom stereocenters. The summed E-state index contributed by atoms with van der Waals surface area (Å²) >= 11 is 0. The van der Waals surface area contributed by atoms with Gasteiger partial charge in [-0.05, 0) is 44.2 Å². The first-order valence-corrected chi connectivity index (χ1v) is 9.34. The number of para-hydroxylation sites is 1. The lowest BCUT2D eigenvalue weighted by molar-refractivity contribution is -0.124. The minimum atomic E-state index is -1.31. The van der Waals surface area contributed by atoms with Crippen LogP contribution in [-0.4, -0.2) is 39.8 Å². The Kier molecular flexibility index (Phi) is 5.41. The number of nitrogens with two attached hydrogens (primary N) is 1. The normalized spacial score (nSPS) is 18.6. The van der Waals surface area contributed by atoms with Gasteiger partial charge in [-0.2, -0.15) is 0 Å². The number of alkyl carbamates (subject to hydrolysis) is 1. The summed E-state index contributed by atoms with van der Waals surface area (Å²) in [6, 6.07) is 7.72. The number of carbonyl (C=O) groups is 2. The summed E-state index contributed by atoms with van der Waals surface area (Å²) in [4.78, 5) is 27.8. The molecule has 2 amide bonds. The molecule has 0 aliphatic heterocycles. The monoisotopic (exact) mass is 373 g/mol. The number of benzene rings is 1. The lowest BCUT2D eigenvalue weighted by Gasteiger charge is -2.36. The SMILES string of the molecule is CC(Cc1c[nH]c2ccccc12)(NC(=O)OC1(CO)CCCCC1)C(N)=O. The van der Waals surface area contributed by atoms with Crippen LogP contribution in [0, 0.1) is 0 Å². The van der Waals surface area contributed by atoms with Crippen molar-refractivity contribution in [1.82, 2.24) is 10.3 Å². The largest absolute Gasteiger partial charge is 0.440 e. The minimum Gasteiger partial charge on any atom is -0.440 e. The van der Waals surface area contributed by atoms with E-state index in [2.05, 4.69) is 10.3 Å². The molecule has 1 saturated carbocycles. The van der Waals surface area contributed by atoms with E-state index in [0.717, 1.165) is 35.7 Å². The van der Waals surface area contributed by atoms with Gasteiger partial charge in [-0.3, -0.25) is 4.79 Å². The van der Waals surface area contributed by atoms with E-state index >= 15 is 0 Å². The molecule has 1 aliphatic carbocycles. The Morgan fingerprint density at radius 2 is 2.00 bits per heavy atom. The van der Waals surface area contributed by atoms with Crippen molar-refractivity contribution in [2.24, 2.45) is 5.73 Å². The van der Waals surface area contributed by atoms with Crippen molar-refractivity contribution in [3.8, 4) is 0 Å². The molecule has 0 spiro atoms. The van der Waals surface area contributed by atoms with Crippen molar-refractivity contribution in [1.29, 1.82) is 0 Å². The molecule has 1 unspecified atom stereocenters. The van der Waals surface area contributed by atoms with Gasteiger partial charge < -0.3 is 25.9 Å². The number of hydrogen-bond acceptors (Lipinski definition) is 4. The van der Waals surface area contributed by atoms with Crippen LogP contribution in [0.15, 0.2) is 30.5 Å². The third-order valence-electron chi connectivity index (χ3n) is 5.50. The van der Waals surface area contributed by atoms with Crippen molar-refractivity contribution >= 4 is 22.9 Å². The summed E-state index contributed by atoms with van der Waals surface area (Å²) in [6.07, 6.45) is 5.41. The van der Waals surface area contributed by atoms with Crippen molar-refractivity contribution in [3.63, 3.8) is 0 Å². The number of aromatic amines is 1. The van der Waals surface area contributed by atoms with Gasteiger partial charge in [-0.15, -0.1) is 0 Å². The average Bonchev–Trinajstić information content (AvgIpc) is 3.05. The zero-order valence-electron chi connectivity index (χ0n) is 15.6. The Balaban J connectivity index is 1.76. The standard InChI is InChI=1S/C20H27N3O4/c1-19(17(21)25,11-14-12-22-16-8-4-3-7-15(14)16)23-18(26)27-20(13-24)9-5-2-6-10-20/h3-4,7-8,12,22,24H,2,5-6,9-11,13H2,1H3,(H2,21,25)(H,23,26). The number of H-pyrrole nitrogens is 1. The summed E-state index contributed by atoms with van der Waals surface area (Å²) < 4.78 is 5.57. The van der Waals surface area contributed by atoms with E-state index in [9.17, 15) is 14.7 Å². The fourth-order valence-electron chi connectivity index (χ4n) is 3.79. The summed E-state index contributed by atoms with van der Waals surface area (Å²) in [5.74, 6) is -0.647. The second-order valence-corrected chi connectivity index (χ2v) is 7.65. The Labute approximate surface area is 158 Å². The number of hydrogen-bond donors (Lipinski definition) is 4. The Hall–Kier alpha value is -2.54. The van der Waals surface area contributed by atoms with E-state index in [0.29, 0.717) is 12.8 Å². The third-order valence-corrected chi connectivity index (χ3v) is 5.50. The molecule has 2 aromatic rings. The number of rotatable bonds is 6. The number of nitrogens with one attached hydrogen (secondary N) is 2. The first kappa shape index (κ1) is 19.2. The maximum Gasteiger partial charge on any atom is 0.408 e. The van der Waals surface area contributed by atoms with Crippen LogP contribution < -0.4 is 11.1 Å². The van der Waals surface area contributed by atoms with Crippen LogP contribution in [-0.2, 0) is 16.0 Å². The molecule has 0 saturated heterocycles. The first-order chi connectivity index (χ1) is 12.9. The molecule has 27 heavy (non-hydrogen) atoms. The number of aliphatic hydroxyl groups is 1. The number of amides is 2. The van der Waals surface area contributed by atoms with E-state index in [-0.39, 0.29) is 13.0 Å². The zero-order valence-corrected chi connectivity index (χ0v) is 15.6. The molecule has 1 heterocycles. The van der Waals surface area contributed by atoms with Gasteiger partial charge in [0.15, 0.2) is 0 Å². The van der Waals surface area contributed by atoms with E-state index in [4.69, 9.17) is 10.5 Å². The van der Waals surface area contributed by atoms with E-state index in [1.165, 1.54) is 0 Å². The van der Waals surface area contributed by atoms with Crippen LogP contribution in [0.3, 0.4) is 0 Å². The fourth-order valence-corrected chi connectivity index (χ4v) is 3.79. The summed E-state index contributed by atoms with van der Waals surface area (Å²) in [7, 11) is 0. The van der Waals surface area contributed by atoms with Crippen LogP contribution in [0.1, 0.15) is 44.6 Å². The number of ether oxygens (including phenoxy) is 1. The maximum atomic E-state index is 12.5. The molecule has 1 aliphatic rings. The number of aliphatic hydroxyl groups excluding tert-OH is 1. The summed E-state index contributed by atoms with van der Waals surface area (Å²) in [6.45, 7) is 1.36. The highest BCUT2D eigenvalue weighted by molar-refractivity contribution is 5.90. The lowest BCUT2D eigenvalue weighted by atomic mass is 9.85. The molecule has 0 bridgehead atoms. The summed E-state index contributed by atoms with van der Waals surface area (Å²) in [5, 5.41) is 13.3. The van der Waals surface area contributed by atoms with Crippen LogP contribution in [0.5, 0.6) is 0 Å². The van der Waals surface area contributed by atoms with Crippen LogP contribution in [0.2, 0.25) is 0 Å². The Morgan fingerprint density at radius 1 is 1.30 bits per heavy atom. The van der Waals surface area contributed by atoms with Gasteiger partial charge >= 0.3 is 6.09 Å². The molecule has 7 heteroatoms. The van der Waals surface area contributed by atoms with Crippen molar-refractivity contribution < 1.29 is 19.4 Å². The first-order valence-electron chi connectivity index (χ1n) is 9.34. The smallest absolute Gasteiger partial charge is 0.408 e. The van der Waals surface area contributed by atoms with Gasteiger partial charge in [0.05, 0.1) is 6.61 Å². The van der Waals surface area contributed by atoms with E-state index in [1.807, 2.05) is 30.5 Å². The van der Waals surface area contributed by atoms with Crippen molar-refractivity contribution in [2.75, 3.05) is 6.61 Å². The van der Waals surface area contributed by atoms with Crippen LogP contribution in [0.25, 0.3) is 10.9 Å². The topological polar surface area (TPSA) is 117 Å². The predicted molar refractivity (Wildman–Crippen MR) is 102 cm³/mol. The van der Waals surface area contributed by atoms with E-state index in [1.54, 1.807) is 6.92 Å². The number of primary amides is 1. The van der Waals surface area contributed by atoms with Gasteiger partial charge in [-0.1, -0.05) is 24.6 Å². The second kappa shape index (κ2) is 7.60. The molecular formula is C20H27N3O4. The molecule has 1 aromatic carbocycles. The fraction of sp³-hybridized carbons (Fsp3) is 0.500. The Morgan fingerprint density at radius 3 is 2.67 bits per heavy atom. The minimum absolute atomic E-state index is 0.226. The Bertz CT molecular complexity index is 825. The van der Waals surface area contributed by atoms with Crippen LogP contribution >= 0.6 is 0 Å². The number of carbonyl (C=O) groups excluding carboxylic acids is 2. The van der Waals surface area contributed by atoms with Gasteiger partial charge in [-0.25, -0.2) is 4.79 Å². The van der Waals surface area contributed by atoms with Gasteiger partial charge in [0.1, 0.15) is 11.1 Å². The van der Waals surface area contributed by atoms with Gasteiger partial charge in [0, 0.05) is 23.5 Å². The molecule has 0 radical (unpaired) electrons. The highest BCUT2D eigenvalue weighted by Crippen LogP contribution is 2.31. The second-order valence-electron chi connectivity index (χ2n) is 7.65. The van der Waals surface area contributed by atoms with Crippen molar-refractivity contribution in [3.05, 3.63) is 36.0 Å². The zero-order chi connectivity index (χ0) is 19.5. The molecule has 1 fully saturated rings. The highest BCUT2D eigenvalue weighted by atomic mass is 16.6. The van der Waals surface area contributed by atoms with Gasteiger partial charge in [0.2, 0.25) is 5.91 Å². The molecule has 1 aromatic heterocycles. The maximum absolute atomic E-state index is 12.5. The van der Waals surface area contributed by atoms with Crippen molar-refractivity contribution in [2.45, 2.75) is 56.6 Å². The molecule has 5 N–H and O–H groups in total. The van der Waals surface area contributed by atoms with Crippen LogP contribution in [0.4, 0.5) is 4.79 Å². The lowest BCUT2D eigenvalue weighted by Crippen LogP contribution is -2.58. The highest BCUT2D eigenvalue weighted by Gasteiger charge is 2.39. The average molecular weight is 373 g/mol. The molecular weight excluding hydrogens is 346 g/mol. The van der Waals surface area contributed by atoms with E-state index < -0.39 is 23.1 Å². The van der Waals surface area contributed by atoms with Gasteiger partial charge in [0.25, 0.3) is 0 Å². The number of aromatic nitrogens is 1. The molecule has 7 nitrogen and oxygen atoms in total. The quantitative estimate of drug-likeness (QED) is 0.622. The number of fused-ring (bicyclic) bond motifs is 1. The molecule has 146 valence electrons. The summed E-state index contributed by atoms with van der Waals surface area (Å²) in [5.41, 5.74) is 5.25.